The molecule has 0 bridgehead atoms. The zero-order valence-corrected chi connectivity index (χ0v) is 11.0. The number of ether oxygens (including phenoxy) is 1. The molecule has 0 atom stereocenters. The van der Waals surface area contributed by atoms with E-state index in [1.54, 1.807) is 0 Å². The molecule has 0 fully saturated rings. The number of halogens is 2. The molecule has 21 heavy (non-hydrogen) atoms. The van der Waals surface area contributed by atoms with Crippen molar-refractivity contribution in [2.75, 3.05) is 5.32 Å². The van der Waals surface area contributed by atoms with Crippen molar-refractivity contribution < 1.29 is 23.1 Å². The molecule has 0 radical (unpaired) electrons. The molecule has 2 rings (SSSR count). The maximum Gasteiger partial charge on any atom is 0.308 e. The first kappa shape index (κ1) is 14.6. The minimum Gasteiger partial charge on any atom is -0.427 e. The van der Waals surface area contributed by atoms with Crippen LogP contribution in [0, 0.1) is 11.6 Å². The van der Waals surface area contributed by atoms with Crippen molar-refractivity contribution in [3.63, 3.8) is 0 Å². The maximum atomic E-state index is 13.4. The Kier molecular flexibility index (Phi) is 4.27. The van der Waals surface area contributed by atoms with Crippen LogP contribution in [0.4, 0.5) is 14.5 Å². The molecule has 1 amide bonds. The molecular weight excluding hydrogens is 280 g/mol. The van der Waals surface area contributed by atoms with Gasteiger partial charge in [0.25, 0.3) is 5.91 Å². The van der Waals surface area contributed by atoms with Gasteiger partial charge in [0.2, 0.25) is 0 Å². The lowest BCUT2D eigenvalue weighted by molar-refractivity contribution is -0.131. The van der Waals surface area contributed by atoms with Crippen molar-refractivity contribution in [1.82, 2.24) is 0 Å². The molecule has 2 aromatic carbocycles. The van der Waals surface area contributed by atoms with Crippen LogP contribution in [0.3, 0.4) is 0 Å². The summed E-state index contributed by atoms with van der Waals surface area (Å²) in [7, 11) is 0. The fourth-order valence-corrected chi connectivity index (χ4v) is 1.63. The van der Waals surface area contributed by atoms with Gasteiger partial charge in [0.15, 0.2) is 0 Å². The Bertz CT molecular complexity index is 684. The Morgan fingerprint density at radius 1 is 1.05 bits per heavy atom. The second kappa shape index (κ2) is 6.13. The Balaban J connectivity index is 2.11. The molecule has 108 valence electrons. The highest BCUT2D eigenvalue weighted by atomic mass is 19.1. The number of benzene rings is 2. The Morgan fingerprint density at radius 3 is 2.29 bits per heavy atom. The second-order valence-electron chi connectivity index (χ2n) is 4.20. The number of rotatable bonds is 3. The van der Waals surface area contributed by atoms with Crippen molar-refractivity contribution in [1.29, 1.82) is 0 Å². The fraction of sp³-hybridized carbons (Fsp3) is 0.0667. The lowest BCUT2D eigenvalue weighted by Gasteiger charge is -2.07. The van der Waals surface area contributed by atoms with E-state index in [1.807, 2.05) is 0 Å². The molecular formula is C15H11F2NO3. The largest absolute Gasteiger partial charge is 0.427 e. The number of amides is 1. The van der Waals surface area contributed by atoms with E-state index in [0.29, 0.717) is 11.8 Å². The molecule has 4 nitrogen and oxygen atoms in total. The van der Waals surface area contributed by atoms with Gasteiger partial charge in [-0.3, -0.25) is 9.59 Å². The monoisotopic (exact) mass is 291 g/mol. The van der Waals surface area contributed by atoms with Crippen molar-refractivity contribution >= 4 is 17.6 Å². The van der Waals surface area contributed by atoms with E-state index in [9.17, 15) is 18.4 Å². The summed E-state index contributed by atoms with van der Waals surface area (Å²) in [5.74, 6) is -2.32. The highest BCUT2D eigenvalue weighted by Crippen LogP contribution is 2.17. The summed E-state index contributed by atoms with van der Waals surface area (Å²) in [6.45, 7) is 1.26. The second-order valence-corrected chi connectivity index (χ2v) is 4.20. The standard InChI is InChI=1S/C15H11F2NO3/c1-9(19)21-12-5-2-10(3-6-12)15(20)18-14-7-4-11(16)8-13(14)17/h2-8H,1H3,(H,18,20). The van der Waals surface area contributed by atoms with Crippen LogP contribution in [0.2, 0.25) is 0 Å². The highest BCUT2D eigenvalue weighted by Gasteiger charge is 2.10. The van der Waals surface area contributed by atoms with Gasteiger partial charge in [-0.15, -0.1) is 0 Å². The summed E-state index contributed by atoms with van der Waals surface area (Å²) < 4.78 is 31.0. The molecule has 0 spiro atoms. The zero-order valence-electron chi connectivity index (χ0n) is 11.0. The van der Waals surface area contributed by atoms with Crippen LogP contribution in [-0.2, 0) is 4.79 Å². The topological polar surface area (TPSA) is 55.4 Å². The van der Waals surface area contributed by atoms with Gasteiger partial charge in [0.05, 0.1) is 5.69 Å². The van der Waals surface area contributed by atoms with Gasteiger partial charge in [-0.25, -0.2) is 8.78 Å². The highest BCUT2D eigenvalue weighted by molar-refractivity contribution is 6.04. The van der Waals surface area contributed by atoms with E-state index in [4.69, 9.17) is 4.74 Å². The number of hydrogen-bond donors (Lipinski definition) is 1. The fourth-order valence-electron chi connectivity index (χ4n) is 1.63. The van der Waals surface area contributed by atoms with Crippen LogP contribution < -0.4 is 10.1 Å². The molecule has 0 aliphatic carbocycles. The van der Waals surface area contributed by atoms with Crippen LogP contribution in [0.15, 0.2) is 42.5 Å². The Hall–Kier alpha value is -2.76. The summed E-state index contributed by atoms with van der Waals surface area (Å²) in [4.78, 5) is 22.7. The summed E-state index contributed by atoms with van der Waals surface area (Å²) in [6, 6.07) is 8.59. The molecule has 6 heteroatoms. The third kappa shape index (κ3) is 3.85. The van der Waals surface area contributed by atoms with Gasteiger partial charge in [-0.05, 0) is 36.4 Å². The van der Waals surface area contributed by atoms with E-state index in [2.05, 4.69) is 5.32 Å². The number of carbonyl (C=O) groups is 2. The lowest BCUT2D eigenvalue weighted by Crippen LogP contribution is -2.13. The van der Waals surface area contributed by atoms with Crippen LogP contribution >= 0.6 is 0 Å². The Labute approximate surface area is 119 Å². The third-order valence-electron chi connectivity index (χ3n) is 2.56. The number of hydrogen-bond acceptors (Lipinski definition) is 3. The zero-order chi connectivity index (χ0) is 15.4. The van der Waals surface area contributed by atoms with Gasteiger partial charge in [0.1, 0.15) is 17.4 Å². The van der Waals surface area contributed by atoms with Crippen molar-refractivity contribution in [3.05, 3.63) is 59.7 Å². The first-order chi connectivity index (χ1) is 9.95. The number of anilines is 1. The van der Waals surface area contributed by atoms with E-state index in [-0.39, 0.29) is 11.3 Å². The normalized spacial score (nSPS) is 10.0. The molecule has 0 saturated carbocycles. The van der Waals surface area contributed by atoms with E-state index in [0.717, 1.165) is 12.1 Å². The van der Waals surface area contributed by atoms with Crippen molar-refractivity contribution in [3.8, 4) is 5.75 Å². The van der Waals surface area contributed by atoms with Gasteiger partial charge < -0.3 is 10.1 Å². The van der Waals surface area contributed by atoms with Crippen LogP contribution in [0.1, 0.15) is 17.3 Å². The SMILES string of the molecule is CC(=O)Oc1ccc(C(=O)Nc2ccc(F)cc2F)cc1. The Morgan fingerprint density at radius 2 is 1.71 bits per heavy atom. The molecule has 0 aliphatic heterocycles. The average Bonchev–Trinajstić information content (AvgIpc) is 2.42. The van der Waals surface area contributed by atoms with Gasteiger partial charge in [-0.2, -0.15) is 0 Å². The maximum absolute atomic E-state index is 13.4. The predicted octanol–water partition coefficient (Wildman–Crippen LogP) is 3.14. The van der Waals surface area contributed by atoms with Crippen molar-refractivity contribution in [2.45, 2.75) is 6.92 Å². The summed E-state index contributed by atoms with van der Waals surface area (Å²) in [5.41, 5.74) is 0.125. The van der Waals surface area contributed by atoms with Crippen LogP contribution in [0.25, 0.3) is 0 Å². The average molecular weight is 291 g/mol. The van der Waals surface area contributed by atoms with Crippen molar-refractivity contribution in [2.24, 2.45) is 0 Å². The molecule has 0 aromatic heterocycles. The molecule has 0 aliphatic rings. The summed E-state index contributed by atoms with van der Waals surface area (Å²) >= 11 is 0. The quantitative estimate of drug-likeness (QED) is 0.698. The predicted molar refractivity (Wildman–Crippen MR) is 72.1 cm³/mol. The molecule has 2 aromatic rings. The van der Waals surface area contributed by atoms with Crippen LogP contribution in [0.5, 0.6) is 5.75 Å². The first-order valence-electron chi connectivity index (χ1n) is 6.00. The van der Waals surface area contributed by atoms with Crippen LogP contribution in [-0.4, -0.2) is 11.9 Å². The minimum absolute atomic E-state index is 0.120. The van der Waals surface area contributed by atoms with Gasteiger partial charge in [0, 0.05) is 18.6 Å². The van der Waals surface area contributed by atoms with E-state index < -0.39 is 23.5 Å². The molecule has 0 unspecified atom stereocenters. The third-order valence-corrected chi connectivity index (χ3v) is 2.56. The van der Waals surface area contributed by atoms with Gasteiger partial charge >= 0.3 is 5.97 Å². The van der Waals surface area contributed by atoms with Gasteiger partial charge in [-0.1, -0.05) is 0 Å². The molecule has 1 N–H and O–H groups in total. The van der Waals surface area contributed by atoms with E-state index in [1.165, 1.54) is 31.2 Å². The minimum atomic E-state index is -0.861. The smallest absolute Gasteiger partial charge is 0.308 e. The first-order valence-corrected chi connectivity index (χ1v) is 6.00. The molecule has 0 saturated heterocycles. The summed E-state index contributed by atoms with van der Waals surface area (Å²) in [5, 5.41) is 2.33. The lowest BCUT2D eigenvalue weighted by atomic mass is 10.2. The molecule has 0 heterocycles. The van der Waals surface area contributed by atoms with E-state index >= 15 is 0 Å². The number of carbonyl (C=O) groups excluding carboxylic acids is 2. The number of esters is 1. The summed E-state index contributed by atoms with van der Waals surface area (Å²) in [6.07, 6.45) is 0. The number of nitrogens with one attached hydrogen (secondary N) is 1.